The van der Waals surface area contributed by atoms with Crippen molar-refractivity contribution in [2.45, 2.75) is 24.8 Å². The molecule has 2 heterocycles. The fraction of sp³-hybridized carbons (Fsp3) is 0.375. The number of rotatable bonds is 4. The van der Waals surface area contributed by atoms with E-state index in [0.29, 0.717) is 12.1 Å². The lowest BCUT2D eigenvalue weighted by molar-refractivity contribution is -0.121. The summed E-state index contributed by atoms with van der Waals surface area (Å²) in [5.41, 5.74) is 1.44. The average molecular weight is 393 g/mol. The van der Waals surface area contributed by atoms with Crippen molar-refractivity contribution in [2.24, 2.45) is 0 Å². The Kier molecular flexibility index (Phi) is 8.28. The first-order valence-electron chi connectivity index (χ1n) is 7.57. The maximum atomic E-state index is 13.5. The largest absolute Gasteiger partial charge is 0.351 e. The van der Waals surface area contributed by atoms with Crippen LogP contribution in [0.3, 0.4) is 0 Å². The number of H-pyrrole nitrogens is 1. The van der Waals surface area contributed by atoms with Gasteiger partial charge in [0.15, 0.2) is 11.6 Å². The van der Waals surface area contributed by atoms with E-state index in [1.54, 1.807) is 18.3 Å². The highest BCUT2D eigenvalue weighted by Crippen LogP contribution is 2.27. The molecule has 1 saturated heterocycles. The van der Waals surface area contributed by atoms with Crippen molar-refractivity contribution in [1.82, 2.24) is 20.8 Å². The van der Waals surface area contributed by atoms with Crippen LogP contribution in [0.15, 0.2) is 30.5 Å². The Morgan fingerprint density at radius 2 is 2.04 bits per heavy atom. The summed E-state index contributed by atoms with van der Waals surface area (Å²) in [4.78, 5) is 12.2. The lowest BCUT2D eigenvalue weighted by atomic mass is 9.86. The van der Waals surface area contributed by atoms with Gasteiger partial charge < -0.3 is 10.6 Å². The summed E-state index contributed by atoms with van der Waals surface area (Å²) in [5, 5.41) is 12.7. The highest BCUT2D eigenvalue weighted by molar-refractivity contribution is 5.85. The molecule has 1 aliphatic rings. The molecule has 1 aromatic heterocycles. The van der Waals surface area contributed by atoms with E-state index in [9.17, 15) is 13.6 Å². The van der Waals surface area contributed by atoms with Gasteiger partial charge in [-0.3, -0.25) is 9.89 Å². The zero-order chi connectivity index (χ0) is 16.2. The molecule has 2 unspecified atom stereocenters. The number of carbonyl (C=O) groups is 1. The van der Waals surface area contributed by atoms with Crippen LogP contribution in [0.5, 0.6) is 0 Å². The highest BCUT2D eigenvalue weighted by atomic mass is 35.5. The van der Waals surface area contributed by atoms with Gasteiger partial charge in [0, 0.05) is 30.4 Å². The number of hydrogen-bond acceptors (Lipinski definition) is 3. The summed E-state index contributed by atoms with van der Waals surface area (Å²) in [7, 11) is 0. The maximum Gasteiger partial charge on any atom is 0.226 e. The second-order valence-corrected chi connectivity index (χ2v) is 5.71. The Hall–Kier alpha value is -1.70. The molecular weight excluding hydrogens is 373 g/mol. The molecule has 0 radical (unpaired) electrons. The van der Waals surface area contributed by atoms with Crippen molar-refractivity contribution < 1.29 is 13.6 Å². The summed E-state index contributed by atoms with van der Waals surface area (Å²) >= 11 is 0. The molecular formula is C16H20Cl2F2N4O. The second kappa shape index (κ2) is 9.70. The highest BCUT2D eigenvalue weighted by Gasteiger charge is 2.28. The number of aromatic amines is 1. The predicted molar refractivity (Wildman–Crippen MR) is 95.3 cm³/mol. The number of nitrogens with zero attached hydrogens (tertiary/aromatic N) is 1. The van der Waals surface area contributed by atoms with Gasteiger partial charge in [0.25, 0.3) is 0 Å². The molecule has 5 nitrogen and oxygen atoms in total. The molecule has 2 atom stereocenters. The van der Waals surface area contributed by atoms with Gasteiger partial charge in [-0.2, -0.15) is 5.10 Å². The number of hydrogen-bond donors (Lipinski definition) is 3. The fourth-order valence-electron chi connectivity index (χ4n) is 2.97. The van der Waals surface area contributed by atoms with E-state index < -0.39 is 11.6 Å². The molecule has 0 aliphatic carbocycles. The third kappa shape index (κ3) is 5.39. The minimum atomic E-state index is -0.859. The molecule has 1 amide bonds. The number of nitrogens with one attached hydrogen (secondary N) is 3. The standard InChI is InChI=1S/C16H18F2N4O.2ClH/c17-13-2-1-10(7-14(13)18)12-4-5-19-9-15(12)21-16(23)8-11-3-6-20-22-11;;/h1-3,6-7,12,15,19H,4-5,8-9H2,(H,20,22)(H,21,23);2*1H. The van der Waals surface area contributed by atoms with Crippen LogP contribution in [-0.4, -0.2) is 35.2 Å². The first-order valence-corrected chi connectivity index (χ1v) is 7.57. The van der Waals surface area contributed by atoms with E-state index in [-0.39, 0.29) is 49.1 Å². The Morgan fingerprint density at radius 3 is 2.72 bits per heavy atom. The van der Waals surface area contributed by atoms with Gasteiger partial charge in [-0.05, 0) is 36.7 Å². The summed E-state index contributed by atoms with van der Waals surface area (Å²) in [6.45, 7) is 1.37. The van der Waals surface area contributed by atoms with Crippen molar-refractivity contribution in [2.75, 3.05) is 13.1 Å². The number of amides is 1. The average Bonchev–Trinajstić information content (AvgIpc) is 3.03. The molecule has 9 heteroatoms. The Labute approximate surface area is 156 Å². The van der Waals surface area contributed by atoms with Gasteiger partial charge in [-0.15, -0.1) is 24.8 Å². The first kappa shape index (κ1) is 21.3. The molecule has 3 N–H and O–H groups in total. The molecule has 1 fully saturated rings. The van der Waals surface area contributed by atoms with Crippen LogP contribution in [0.2, 0.25) is 0 Å². The molecule has 1 aliphatic heterocycles. The normalized spacial score (nSPS) is 19.4. The van der Waals surface area contributed by atoms with Gasteiger partial charge in [-0.1, -0.05) is 6.07 Å². The number of aromatic nitrogens is 2. The van der Waals surface area contributed by atoms with E-state index in [1.165, 1.54) is 6.07 Å². The number of carbonyl (C=O) groups excluding carboxylic acids is 1. The Morgan fingerprint density at radius 1 is 1.24 bits per heavy atom. The van der Waals surface area contributed by atoms with Crippen molar-refractivity contribution >= 4 is 30.7 Å². The number of benzene rings is 1. The molecule has 25 heavy (non-hydrogen) atoms. The quantitative estimate of drug-likeness (QED) is 0.747. The van der Waals surface area contributed by atoms with E-state index >= 15 is 0 Å². The van der Waals surface area contributed by atoms with Crippen LogP contribution in [0.4, 0.5) is 8.78 Å². The van der Waals surface area contributed by atoms with Gasteiger partial charge in [0.1, 0.15) is 0 Å². The van der Waals surface area contributed by atoms with Crippen LogP contribution < -0.4 is 10.6 Å². The lowest BCUT2D eigenvalue weighted by Crippen LogP contribution is -2.50. The third-order valence-electron chi connectivity index (χ3n) is 4.11. The lowest BCUT2D eigenvalue weighted by Gasteiger charge is -2.33. The topological polar surface area (TPSA) is 69.8 Å². The molecule has 1 aromatic carbocycles. The van der Waals surface area contributed by atoms with Crippen LogP contribution in [0, 0.1) is 11.6 Å². The zero-order valence-electron chi connectivity index (χ0n) is 13.3. The van der Waals surface area contributed by atoms with Crippen LogP contribution in [0.1, 0.15) is 23.6 Å². The van der Waals surface area contributed by atoms with Crippen LogP contribution >= 0.6 is 24.8 Å². The molecule has 0 bridgehead atoms. The Balaban J connectivity index is 0.00000156. The van der Waals surface area contributed by atoms with Gasteiger partial charge in [0.05, 0.1) is 6.42 Å². The zero-order valence-corrected chi connectivity index (χ0v) is 14.9. The molecule has 3 rings (SSSR count). The van der Waals surface area contributed by atoms with Crippen molar-refractivity contribution in [3.8, 4) is 0 Å². The van der Waals surface area contributed by atoms with Crippen LogP contribution in [0.25, 0.3) is 0 Å². The SMILES string of the molecule is Cl.Cl.O=C(Cc1ccn[nH]1)NC1CNCCC1c1ccc(F)c(F)c1. The smallest absolute Gasteiger partial charge is 0.226 e. The van der Waals surface area contributed by atoms with E-state index in [0.717, 1.165) is 24.7 Å². The maximum absolute atomic E-state index is 13.5. The molecule has 2 aromatic rings. The summed E-state index contributed by atoms with van der Waals surface area (Å²) in [6.07, 6.45) is 2.55. The van der Waals surface area contributed by atoms with Crippen molar-refractivity contribution in [1.29, 1.82) is 0 Å². The number of piperidine rings is 1. The predicted octanol–water partition coefficient (Wildman–Crippen LogP) is 2.34. The summed E-state index contributed by atoms with van der Waals surface area (Å²) < 4.78 is 26.6. The molecule has 138 valence electrons. The second-order valence-electron chi connectivity index (χ2n) is 5.71. The van der Waals surface area contributed by atoms with Crippen molar-refractivity contribution in [3.05, 3.63) is 53.4 Å². The molecule has 0 spiro atoms. The summed E-state index contributed by atoms with van der Waals surface area (Å²) in [6, 6.07) is 5.52. The number of halogens is 4. The van der Waals surface area contributed by atoms with Crippen LogP contribution in [-0.2, 0) is 11.2 Å². The van der Waals surface area contributed by atoms with Crippen molar-refractivity contribution in [3.63, 3.8) is 0 Å². The van der Waals surface area contributed by atoms with Gasteiger partial charge in [-0.25, -0.2) is 8.78 Å². The summed E-state index contributed by atoms with van der Waals surface area (Å²) in [5.74, 6) is -1.89. The third-order valence-corrected chi connectivity index (χ3v) is 4.11. The first-order chi connectivity index (χ1) is 11.1. The molecule has 0 saturated carbocycles. The van der Waals surface area contributed by atoms with Gasteiger partial charge >= 0.3 is 0 Å². The van der Waals surface area contributed by atoms with Gasteiger partial charge in [0.2, 0.25) is 5.91 Å². The Bertz CT molecular complexity index is 685. The van der Waals surface area contributed by atoms with E-state index in [1.807, 2.05) is 0 Å². The van der Waals surface area contributed by atoms with E-state index in [2.05, 4.69) is 20.8 Å². The minimum absolute atomic E-state index is 0. The fourth-order valence-corrected chi connectivity index (χ4v) is 2.97. The van der Waals surface area contributed by atoms with E-state index in [4.69, 9.17) is 0 Å². The minimum Gasteiger partial charge on any atom is -0.351 e. The monoisotopic (exact) mass is 392 g/mol.